The van der Waals surface area contributed by atoms with E-state index in [2.05, 4.69) is 10.3 Å². The number of carbonyl (C=O) groups is 2. The number of hydrogen-bond acceptors (Lipinski definition) is 5. The van der Waals surface area contributed by atoms with E-state index in [1.54, 1.807) is 11.3 Å². The monoisotopic (exact) mass is 361 g/mol. The fourth-order valence-electron chi connectivity index (χ4n) is 3.55. The molecule has 1 saturated heterocycles. The lowest BCUT2D eigenvalue weighted by Crippen LogP contribution is -2.35. The first-order valence-electron chi connectivity index (χ1n) is 8.30. The van der Waals surface area contributed by atoms with Crippen LogP contribution in [0.2, 0.25) is 0 Å². The molecule has 1 unspecified atom stereocenters. The molecule has 0 radical (unpaired) electrons. The summed E-state index contributed by atoms with van der Waals surface area (Å²) in [5.41, 5.74) is 0.889. The number of likely N-dealkylation sites (tertiary alicyclic amines) is 1. The van der Waals surface area contributed by atoms with Crippen molar-refractivity contribution in [1.29, 1.82) is 0 Å². The molecular formula is C17H19N3O2S2. The van der Waals surface area contributed by atoms with Crippen LogP contribution in [0.1, 0.15) is 32.1 Å². The summed E-state index contributed by atoms with van der Waals surface area (Å²) < 4.78 is 0. The molecule has 1 saturated carbocycles. The Labute approximate surface area is 148 Å². The Morgan fingerprint density at radius 2 is 2.12 bits per heavy atom. The average Bonchev–Trinajstić information content (AvgIpc) is 3.34. The van der Waals surface area contributed by atoms with Gasteiger partial charge in [-0.15, -0.1) is 22.7 Å². The number of thiazole rings is 1. The summed E-state index contributed by atoms with van der Waals surface area (Å²) in [5.74, 6) is -0.219. The first kappa shape index (κ1) is 15.8. The number of aromatic nitrogens is 1. The van der Waals surface area contributed by atoms with Crippen LogP contribution in [0.4, 0.5) is 5.13 Å². The van der Waals surface area contributed by atoms with E-state index >= 15 is 0 Å². The highest BCUT2D eigenvalue weighted by Crippen LogP contribution is 2.31. The van der Waals surface area contributed by atoms with Crippen molar-refractivity contribution in [3.8, 4) is 10.6 Å². The molecular weight excluding hydrogens is 342 g/mol. The maximum absolute atomic E-state index is 12.5. The molecule has 0 aromatic carbocycles. The van der Waals surface area contributed by atoms with Crippen LogP contribution in [0.3, 0.4) is 0 Å². The van der Waals surface area contributed by atoms with Gasteiger partial charge in [-0.1, -0.05) is 18.9 Å². The van der Waals surface area contributed by atoms with E-state index in [1.165, 1.54) is 24.2 Å². The van der Waals surface area contributed by atoms with Gasteiger partial charge >= 0.3 is 0 Å². The third-order valence-corrected chi connectivity index (χ3v) is 6.45. The highest BCUT2D eigenvalue weighted by Gasteiger charge is 2.38. The quantitative estimate of drug-likeness (QED) is 0.905. The van der Waals surface area contributed by atoms with E-state index < -0.39 is 0 Å². The number of carbonyl (C=O) groups excluding carboxylic acids is 2. The largest absolute Gasteiger partial charge is 0.339 e. The molecule has 5 nitrogen and oxygen atoms in total. The van der Waals surface area contributed by atoms with Gasteiger partial charge in [0.25, 0.3) is 0 Å². The fraction of sp³-hybridized carbons (Fsp3) is 0.471. The molecule has 0 spiro atoms. The van der Waals surface area contributed by atoms with Gasteiger partial charge in [-0.3, -0.25) is 9.59 Å². The van der Waals surface area contributed by atoms with Crippen molar-refractivity contribution in [2.24, 2.45) is 5.92 Å². The zero-order chi connectivity index (χ0) is 16.5. The molecule has 2 aliphatic rings. The molecule has 1 N–H and O–H groups in total. The SMILES string of the molecule is O=C(Nc1nc(-c2cccs2)cs1)C1CC(=O)N(C2CCCC2)C1. The lowest BCUT2D eigenvalue weighted by Gasteiger charge is -2.23. The molecule has 1 aliphatic heterocycles. The van der Waals surface area contributed by atoms with Gasteiger partial charge in [0.15, 0.2) is 5.13 Å². The Hall–Kier alpha value is -1.73. The molecule has 4 rings (SSSR count). The Kier molecular flexibility index (Phi) is 4.37. The van der Waals surface area contributed by atoms with Crippen LogP contribution >= 0.6 is 22.7 Å². The van der Waals surface area contributed by atoms with Crippen molar-refractivity contribution in [3.05, 3.63) is 22.9 Å². The van der Waals surface area contributed by atoms with E-state index in [4.69, 9.17) is 0 Å². The second kappa shape index (κ2) is 6.64. The number of amides is 2. The van der Waals surface area contributed by atoms with Crippen LogP contribution in [-0.4, -0.2) is 34.3 Å². The van der Waals surface area contributed by atoms with E-state index in [0.717, 1.165) is 23.4 Å². The first-order chi connectivity index (χ1) is 11.7. The van der Waals surface area contributed by atoms with Gasteiger partial charge in [0, 0.05) is 24.4 Å². The molecule has 1 atom stereocenters. The second-order valence-electron chi connectivity index (χ2n) is 6.39. The normalized spacial score (nSPS) is 21.6. The number of rotatable bonds is 4. The Bertz CT molecular complexity index is 735. The van der Waals surface area contributed by atoms with Gasteiger partial charge in [-0.05, 0) is 24.3 Å². The van der Waals surface area contributed by atoms with Crippen molar-refractivity contribution in [2.75, 3.05) is 11.9 Å². The predicted molar refractivity (Wildman–Crippen MR) is 96.1 cm³/mol. The highest BCUT2D eigenvalue weighted by molar-refractivity contribution is 7.16. The second-order valence-corrected chi connectivity index (χ2v) is 8.20. The van der Waals surface area contributed by atoms with Gasteiger partial charge < -0.3 is 10.2 Å². The highest BCUT2D eigenvalue weighted by atomic mass is 32.1. The van der Waals surface area contributed by atoms with Crippen molar-refractivity contribution < 1.29 is 9.59 Å². The summed E-state index contributed by atoms with van der Waals surface area (Å²) in [6.07, 6.45) is 4.87. The van der Waals surface area contributed by atoms with Crippen molar-refractivity contribution in [3.63, 3.8) is 0 Å². The lowest BCUT2D eigenvalue weighted by atomic mass is 10.1. The van der Waals surface area contributed by atoms with Crippen LogP contribution < -0.4 is 5.32 Å². The number of hydrogen-bond donors (Lipinski definition) is 1. The summed E-state index contributed by atoms with van der Waals surface area (Å²) >= 11 is 3.06. The van der Waals surface area contributed by atoms with Gasteiger partial charge in [-0.25, -0.2) is 4.98 Å². The molecule has 0 bridgehead atoms. The topological polar surface area (TPSA) is 62.3 Å². The van der Waals surface area contributed by atoms with E-state index in [1.807, 2.05) is 27.8 Å². The molecule has 24 heavy (non-hydrogen) atoms. The molecule has 1 aliphatic carbocycles. The third kappa shape index (κ3) is 3.10. The van der Waals surface area contributed by atoms with Crippen LogP contribution in [0.5, 0.6) is 0 Å². The Balaban J connectivity index is 1.39. The lowest BCUT2D eigenvalue weighted by molar-refractivity contribution is -0.129. The Morgan fingerprint density at radius 3 is 2.88 bits per heavy atom. The van der Waals surface area contributed by atoms with Crippen molar-refractivity contribution >= 4 is 39.6 Å². The standard InChI is InChI=1S/C17H19N3O2S2/c21-15-8-11(9-20(15)12-4-1-2-5-12)16(22)19-17-18-13(10-24-17)14-6-3-7-23-14/h3,6-7,10-12H,1-2,4-5,8-9H2,(H,18,19,22). The molecule has 2 aromatic rings. The van der Waals surface area contributed by atoms with Gasteiger partial charge in [-0.2, -0.15) is 0 Å². The van der Waals surface area contributed by atoms with Gasteiger partial charge in [0.2, 0.25) is 11.8 Å². The van der Waals surface area contributed by atoms with E-state index in [9.17, 15) is 9.59 Å². The zero-order valence-corrected chi connectivity index (χ0v) is 14.9. The summed E-state index contributed by atoms with van der Waals surface area (Å²) in [7, 11) is 0. The molecule has 2 aromatic heterocycles. The molecule has 126 valence electrons. The molecule has 3 heterocycles. The average molecular weight is 361 g/mol. The third-order valence-electron chi connectivity index (χ3n) is 4.80. The summed E-state index contributed by atoms with van der Waals surface area (Å²) in [5, 5.41) is 7.46. The maximum atomic E-state index is 12.5. The van der Waals surface area contributed by atoms with Gasteiger partial charge in [0.05, 0.1) is 16.5 Å². The van der Waals surface area contributed by atoms with Gasteiger partial charge in [0.1, 0.15) is 0 Å². The zero-order valence-electron chi connectivity index (χ0n) is 13.2. The van der Waals surface area contributed by atoms with E-state index in [0.29, 0.717) is 24.1 Å². The minimum Gasteiger partial charge on any atom is -0.339 e. The molecule has 2 amide bonds. The maximum Gasteiger partial charge on any atom is 0.231 e. The van der Waals surface area contributed by atoms with Crippen LogP contribution in [0, 0.1) is 5.92 Å². The summed E-state index contributed by atoms with van der Waals surface area (Å²) in [4.78, 5) is 32.2. The predicted octanol–water partition coefficient (Wildman–Crippen LogP) is 3.60. The summed E-state index contributed by atoms with van der Waals surface area (Å²) in [6, 6.07) is 4.35. The van der Waals surface area contributed by atoms with Crippen LogP contribution in [0.25, 0.3) is 10.6 Å². The summed E-state index contributed by atoms with van der Waals surface area (Å²) in [6.45, 7) is 0.554. The number of nitrogens with one attached hydrogen (secondary N) is 1. The minimum absolute atomic E-state index is 0.0871. The molecule has 7 heteroatoms. The van der Waals surface area contributed by atoms with Crippen molar-refractivity contribution in [1.82, 2.24) is 9.88 Å². The first-order valence-corrected chi connectivity index (χ1v) is 10.1. The van der Waals surface area contributed by atoms with Crippen LogP contribution in [0.15, 0.2) is 22.9 Å². The Morgan fingerprint density at radius 1 is 1.29 bits per heavy atom. The van der Waals surface area contributed by atoms with Crippen molar-refractivity contribution in [2.45, 2.75) is 38.1 Å². The number of nitrogens with zero attached hydrogens (tertiary/aromatic N) is 2. The fourth-order valence-corrected chi connectivity index (χ4v) is 5.03. The van der Waals surface area contributed by atoms with E-state index in [-0.39, 0.29) is 17.7 Å². The smallest absolute Gasteiger partial charge is 0.231 e. The van der Waals surface area contributed by atoms with Crippen LogP contribution in [-0.2, 0) is 9.59 Å². The number of thiophene rings is 1. The minimum atomic E-state index is -0.257. The molecule has 2 fully saturated rings. The number of anilines is 1.